The molecule has 0 aromatic heterocycles. The van der Waals surface area contributed by atoms with E-state index in [0.29, 0.717) is 0 Å². The van der Waals surface area contributed by atoms with Crippen LogP contribution in [0.25, 0.3) is 5.57 Å². The van der Waals surface area contributed by atoms with Crippen LogP contribution in [0.1, 0.15) is 30.5 Å². The average molecular weight is 160 g/mol. The molecule has 0 nitrogen and oxygen atoms in total. The van der Waals surface area contributed by atoms with Gasteiger partial charge in [-0.05, 0) is 50.0 Å². The van der Waals surface area contributed by atoms with E-state index in [-0.39, 0.29) is 0 Å². The van der Waals surface area contributed by atoms with Crippen molar-refractivity contribution >= 4 is 5.57 Å². The molecular weight excluding hydrogens is 144 g/mol. The fourth-order valence-corrected chi connectivity index (χ4v) is 1.15. The molecule has 0 aliphatic rings. The zero-order valence-electron chi connectivity index (χ0n) is 8.31. The van der Waals surface area contributed by atoms with E-state index in [1.807, 2.05) is 0 Å². The summed E-state index contributed by atoms with van der Waals surface area (Å²) in [5.41, 5.74) is 5.41. The summed E-state index contributed by atoms with van der Waals surface area (Å²) in [5, 5.41) is 0. The van der Waals surface area contributed by atoms with Crippen LogP contribution in [0, 0.1) is 13.8 Å². The minimum absolute atomic E-state index is 1.33. The normalized spacial score (nSPS) is 11.8. The number of aryl methyl sites for hydroxylation is 2. The smallest absolute Gasteiger partial charge is 0.0228 e. The van der Waals surface area contributed by atoms with Gasteiger partial charge in [0.1, 0.15) is 0 Å². The molecule has 0 heteroatoms. The largest absolute Gasteiger partial charge is 0.0841 e. The standard InChI is InChI=1S/C12H16/c1-5-9(2)12-7-6-10(3)11(4)8-12/h5-8H,1-4H3/b9-5+. The minimum atomic E-state index is 1.33. The molecule has 0 bridgehead atoms. The lowest BCUT2D eigenvalue weighted by Gasteiger charge is -2.04. The Labute approximate surface area is 74.9 Å². The predicted molar refractivity (Wildman–Crippen MR) is 55.2 cm³/mol. The summed E-state index contributed by atoms with van der Waals surface area (Å²) in [5.74, 6) is 0. The third-order valence-corrected chi connectivity index (χ3v) is 2.40. The van der Waals surface area contributed by atoms with Crippen molar-refractivity contribution in [2.75, 3.05) is 0 Å². The Morgan fingerprint density at radius 2 is 1.83 bits per heavy atom. The number of allylic oxidation sites excluding steroid dienone is 2. The number of rotatable bonds is 1. The molecule has 0 aliphatic carbocycles. The summed E-state index contributed by atoms with van der Waals surface area (Å²) in [6, 6.07) is 6.60. The predicted octanol–water partition coefficient (Wildman–Crippen LogP) is 3.73. The lowest BCUT2D eigenvalue weighted by atomic mass is 10.0. The molecule has 0 radical (unpaired) electrons. The van der Waals surface area contributed by atoms with Crippen LogP contribution in [0.5, 0.6) is 0 Å². The molecule has 0 fully saturated rings. The van der Waals surface area contributed by atoms with Crippen molar-refractivity contribution in [3.8, 4) is 0 Å². The average Bonchev–Trinajstić information content (AvgIpc) is 2.08. The molecule has 0 heterocycles. The van der Waals surface area contributed by atoms with Gasteiger partial charge in [0.15, 0.2) is 0 Å². The van der Waals surface area contributed by atoms with Gasteiger partial charge in [0.25, 0.3) is 0 Å². The molecule has 0 atom stereocenters. The fraction of sp³-hybridized carbons (Fsp3) is 0.333. The van der Waals surface area contributed by atoms with Gasteiger partial charge in [-0.15, -0.1) is 0 Å². The highest BCUT2D eigenvalue weighted by atomic mass is 14.0. The SMILES string of the molecule is C/C=C(\C)c1ccc(C)c(C)c1. The zero-order chi connectivity index (χ0) is 9.14. The van der Waals surface area contributed by atoms with E-state index in [4.69, 9.17) is 0 Å². The van der Waals surface area contributed by atoms with E-state index in [1.54, 1.807) is 0 Å². The van der Waals surface area contributed by atoms with Crippen molar-refractivity contribution in [2.24, 2.45) is 0 Å². The molecule has 64 valence electrons. The van der Waals surface area contributed by atoms with Crippen LogP contribution in [0.15, 0.2) is 24.3 Å². The van der Waals surface area contributed by atoms with Gasteiger partial charge >= 0.3 is 0 Å². The maximum atomic E-state index is 2.24. The summed E-state index contributed by atoms with van der Waals surface area (Å²) in [6.45, 7) is 8.51. The summed E-state index contributed by atoms with van der Waals surface area (Å²) < 4.78 is 0. The van der Waals surface area contributed by atoms with Gasteiger partial charge in [-0.2, -0.15) is 0 Å². The Morgan fingerprint density at radius 1 is 1.17 bits per heavy atom. The van der Waals surface area contributed by atoms with Crippen LogP contribution in [0.2, 0.25) is 0 Å². The molecular formula is C12H16. The highest BCUT2D eigenvalue weighted by Gasteiger charge is 1.96. The highest BCUT2D eigenvalue weighted by molar-refractivity contribution is 5.64. The van der Waals surface area contributed by atoms with Gasteiger partial charge in [-0.3, -0.25) is 0 Å². The molecule has 0 aliphatic heterocycles. The van der Waals surface area contributed by atoms with Gasteiger partial charge in [0.05, 0.1) is 0 Å². The lowest BCUT2D eigenvalue weighted by molar-refractivity contribution is 1.32. The van der Waals surface area contributed by atoms with Crippen LogP contribution < -0.4 is 0 Å². The van der Waals surface area contributed by atoms with E-state index in [2.05, 4.69) is 52.0 Å². The first kappa shape index (κ1) is 9.05. The van der Waals surface area contributed by atoms with Gasteiger partial charge in [-0.25, -0.2) is 0 Å². The van der Waals surface area contributed by atoms with Crippen molar-refractivity contribution in [1.82, 2.24) is 0 Å². The van der Waals surface area contributed by atoms with Gasteiger partial charge in [0, 0.05) is 0 Å². The maximum absolute atomic E-state index is 2.24. The topological polar surface area (TPSA) is 0 Å². The summed E-state index contributed by atoms with van der Waals surface area (Å²) in [7, 11) is 0. The molecule has 1 aromatic rings. The maximum Gasteiger partial charge on any atom is -0.0228 e. The Morgan fingerprint density at radius 3 is 2.33 bits per heavy atom. The Hall–Kier alpha value is -1.04. The van der Waals surface area contributed by atoms with Crippen molar-refractivity contribution in [1.29, 1.82) is 0 Å². The van der Waals surface area contributed by atoms with E-state index >= 15 is 0 Å². The minimum Gasteiger partial charge on any atom is -0.0841 e. The van der Waals surface area contributed by atoms with E-state index < -0.39 is 0 Å². The highest BCUT2D eigenvalue weighted by Crippen LogP contribution is 2.17. The summed E-state index contributed by atoms with van der Waals surface area (Å²) >= 11 is 0. The molecule has 0 saturated heterocycles. The molecule has 0 unspecified atom stereocenters. The molecule has 0 N–H and O–H groups in total. The van der Waals surface area contributed by atoms with Crippen LogP contribution >= 0.6 is 0 Å². The van der Waals surface area contributed by atoms with Crippen molar-refractivity contribution in [2.45, 2.75) is 27.7 Å². The third-order valence-electron chi connectivity index (χ3n) is 2.40. The molecule has 1 aromatic carbocycles. The molecule has 12 heavy (non-hydrogen) atoms. The Bertz CT molecular complexity index is 306. The van der Waals surface area contributed by atoms with E-state index in [0.717, 1.165) is 0 Å². The monoisotopic (exact) mass is 160 g/mol. The van der Waals surface area contributed by atoms with Crippen molar-refractivity contribution in [3.63, 3.8) is 0 Å². The number of hydrogen-bond acceptors (Lipinski definition) is 0. The van der Waals surface area contributed by atoms with Crippen LogP contribution in [-0.4, -0.2) is 0 Å². The summed E-state index contributed by atoms with van der Waals surface area (Å²) in [4.78, 5) is 0. The van der Waals surface area contributed by atoms with Crippen molar-refractivity contribution in [3.05, 3.63) is 41.0 Å². The van der Waals surface area contributed by atoms with E-state index in [1.165, 1.54) is 22.3 Å². The first-order valence-corrected chi connectivity index (χ1v) is 4.35. The van der Waals surface area contributed by atoms with Gasteiger partial charge < -0.3 is 0 Å². The molecule has 0 amide bonds. The molecule has 0 spiro atoms. The zero-order valence-corrected chi connectivity index (χ0v) is 8.31. The van der Waals surface area contributed by atoms with Gasteiger partial charge in [-0.1, -0.05) is 24.3 Å². The quantitative estimate of drug-likeness (QED) is 0.587. The first-order chi connectivity index (χ1) is 5.65. The molecule has 0 saturated carbocycles. The van der Waals surface area contributed by atoms with Crippen molar-refractivity contribution < 1.29 is 0 Å². The second kappa shape index (κ2) is 3.57. The number of hydrogen-bond donors (Lipinski definition) is 0. The second-order valence-corrected chi connectivity index (χ2v) is 3.27. The summed E-state index contributed by atoms with van der Waals surface area (Å²) in [6.07, 6.45) is 2.14. The third kappa shape index (κ3) is 1.76. The Kier molecular flexibility index (Phi) is 2.69. The number of benzene rings is 1. The van der Waals surface area contributed by atoms with Crippen LogP contribution in [-0.2, 0) is 0 Å². The lowest BCUT2D eigenvalue weighted by Crippen LogP contribution is -1.84. The molecule has 1 rings (SSSR count). The first-order valence-electron chi connectivity index (χ1n) is 4.35. The fourth-order valence-electron chi connectivity index (χ4n) is 1.15. The van der Waals surface area contributed by atoms with Gasteiger partial charge in [0.2, 0.25) is 0 Å². The second-order valence-electron chi connectivity index (χ2n) is 3.27. The Balaban J connectivity index is 3.13. The van der Waals surface area contributed by atoms with Crippen LogP contribution in [0.4, 0.5) is 0 Å². The van der Waals surface area contributed by atoms with E-state index in [9.17, 15) is 0 Å². The van der Waals surface area contributed by atoms with Crippen LogP contribution in [0.3, 0.4) is 0 Å².